The fraction of sp³-hybridized carbons (Fsp3) is 0.769. The molecular weight excluding hydrogens is 216 g/mol. The second-order valence-corrected chi connectivity index (χ2v) is 6.61. The average Bonchev–Trinajstić information content (AvgIpc) is 2.74. The van der Waals surface area contributed by atoms with E-state index in [1.807, 2.05) is 5.51 Å². The highest BCUT2D eigenvalue weighted by Crippen LogP contribution is 2.36. The van der Waals surface area contributed by atoms with Gasteiger partial charge in [0.15, 0.2) is 0 Å². The molecule has 0 radical (unpaired) electrons. The SMILES string of the molecule is Cc1ncsc1CCNC1CCC(C)(C)C1. The second kappa shape index (κ2) is 4.84. The molecule has 0 aromatic carbocycles. The molecule has 2 nitrogen and oxygen atoms in total. The van der Waals surface area contributed by atoms with E-state index in [0.29, 0.717) is 5.41 Å². The summed E-state index contributed by atoms with van der Waals surface area (Å²) in [6.07, 6.45) is 5.17. The van der Waals surface area contributed by atoms with Crippen LogP contribution < -0.4 is 5.32 Å². The number of rotatable bonds is 4. The third-order valence-corrected chi connectivity index (χ3v) is 4.59. The van der Waals surface area contributed by atoms with Gasteiger partial charge in [-0.1, -0.05) is 13.8 Å². The van der Waals surface area contributed by atoms with E-state index in [4.69, 9.17) is 0 Å². The van der Waals surface area contributed by atoms with Crippen LogP contribution in [0.1, 0.15) is 43.7 Å². The van der Waals surface area contributed by atoms with Gasteiger partial charge in [0.1, 0.15) is 0 Å². The largest absolute Gasteiger partial charge is 0.314 e. The Labute approximate surface area is 102 Å². The smallest absolute Gasteiger partial charge is 0.0797 e. The van der Waals surface area contributed by atoms with E-state index in [0.717, 1.165) is 19.0 Å². The number of aromatic nitrogens is 1. The van der Waals surface area contributed by atoms with Crippen LogP contribution in [0.5, 0.6) is 0 Å². The van der Waals surface area contributed by atoms with Crippen LogP contribution in [0.4, 0.5) is 0 Å². The first-order chi connectivity index (χ1) is 7.57. The van der Waals surface area contributed by atoms with Crippen LogP contribution in [-0.4, -0.2) is 17.6 Å². The zero-order chi connectivity index (χ0) is 11.6. The fourth-order valence-electron chi connectivity index (χ4n) is 2.57. The van der Waals surface area contributed by atoms with E-state index >= 15 is 0 Å². The van der Waals surface area contributed by atoms with Gasteiger partial charge < -0.3 is 5.32 Å². The van der Waals surface area contributed by atoms with Crippen molar-refractivity contribution >= 4 is 11.3 Å². The van der Waals surface area contributed by atoms with Crippen molar-refractivity contribution in [2.45, 2.75) is 52.5 Å². The molecule has 0 amide bonds. The Balaban J connectivity index is 1.71. The Hall–Kier alpha value is -0.410. The summed E-state index contributed by atoms with van der Waals surface area (Å²) in [7, 11) is 0. The van der Waals surface area contributed by atoms with E-state index in [1.54, 1.807) is 11.3 Å². The van der Waals surface area contributed by atoms with Gasteiger partial charge in [0.2, 0.25) is 0 Å². The number of nitrogens with zero attached hydrogens (tertiary/aromatic N) is 1. The minimum Gasteiger partial charge on any atom is -0.314 e. The first-order valence-electron chi connectivity index (χ1n) is 6.19. The highest BCUT2D eigenvalue weighted by atomic mass is 32.1. The molecule has 1 aromatic rings. The van der Waals surface area contributed by atoms with Gasteiger partial charge in [0.05, 0.1) is 11.2 Å². The predicted molar refractivity (Wildman–Crippen MR) is 70.0 cm³/mol. The lowest BCUT2D eigenvalue weighted by Gasteiger charge is -2.17. The molecule has 1 atom stereocenters. The average molecular weight is 238 g/mol. The zero-order valence-corrected chi connectivity index (χ0v) is 11.4. The lowest BCUT2D eigenvalue weighted by Crippen LogP contribution is -2.29. The Bertz CT molecular complexity index is 343. The van der Waals surface area contributed by atoms with Crippen LogP contribution in [0, 0.1) is 12.3 Å². The molecule has 0 saturated heterocycles. The topological polar surface area (TPSA) is 24.9 Å². The Morgan fingerprint density at radius 1 is 1.56 bits per heavy atom. The number of nitrogens with one attached hydrogen (secondary N) is 1. The summed E-state index contributed by atoms with van der Waals surface area (Å²) < 4.78 is 0. The van der Waals surface area contributed by atoms with Crippen molar-refractivity contribution in [1.82, 2.24) is 10.3 Å². The lowest BCUT2D eigenvalue weighted by molar-refractivity contribution is 0.365. The van der Waals surface area contributed by atoms with Gasteiger partial charge in [-0.05, 0) is 38.0 Å². The molecule has 0 bridgehead atoms. The van der Waals surface area contributed by atoms with Crippen molar-refractivity contribution < 1.29 is 0 Å². The van der Waals surface area contributed by atoms with Crippen molar-refractivity contribution in [1.29, 1.82) is 0 Å². The van der Waals surface area contributed by atoms with Crippen molar-refractivity contribution in [2.24, 2.45) is 5.41 Å². The van der Waals surface area contributed by atoms with Crippen molar-refractivity contribution in [3.05, 3.63) is 16.1 Å². The Morgan fingerprint density at radius 3 is 2.94 bits per heavy atom. The molecule has 0 aliphatic heterocycles. The van der Waals surface area contributed by atoms with Gasteiger partial charge in [-0.2, -0.15) is 0 Å². The Kier molecular flexibility index (Phi) is 3.65. The maximum absolute atomic E-state index is 4.28. The quantitative estimate of drug-likeness (QED) is 0.871. The van der Waals surface area contributed by atoms with Gasteiger partial charge in [-0.25, -0.2) is 4.98 Å². The van der Waals surface area contributed by atoms with Crippen molar-refractivity contribution in [3.63, 3.8) is 0 Å². The summed E-state index contributed by atoms with van der Waals surface area (Å²) >= 11 is 1.78. The van der Waals surface area contributed by atoms with Crippen molar-refractivity contribution in [3.8, 4) is 0 Å². The predicted octanol–water partition coefficient (Wildman–Crippen LogP) is 3.16. The summed E-state index contributed by atoms with van der Waals surface area (Å²) in [5.41, 5.74) is 3.71. The second-order valence-electron chi connectivity index (χ2n) is 5.67. The molecular formula is C13H22N2S. The molecule has 1 aliphatic rings. The van der Waals surface area contributed by atoms with Gasteiger partial charge in [-0.15, -0.1) is 11.3 Å². The maximum Gasteiger partial charge on any atom is 0.0797 e. The molecule has 1 N–H and O–H groups in total. The van der Waals surface area contributed by atoms with Gasteiger partial charge in [0, 0.05) is 17.5 Å². The summed E-state index contributed by atoms with van der Waals surface area (Å²) in [5, 5.41) is 3.68. The van der Waals surface area contributed by atoms with E-state index in [1.165, 1.54) is 29.8 Å². The first kappa shape index (κ1) is 12.1. The fourth-order valence-corrected chi connectivity index (χ4v) is 3.35. The molecule has 1 heterocycles. The monoisotopic (exact) mass is 238 g/mol. The van der Waals surface area contributed by atoms with Gasteiger partial charge >= 0.3 is 0 Å². The van der Waals surface area contributed by atoms with E-state index in [2.05, 4.69) is 31.1 Å². The molecule has 1 aromatic heterocycles. The molecule has 1 aliphatic carbocycles. The minimum atomic E-state index is 0.554. The highest BCUT2D eigenvalue weighted by Gasteiger charge is 2.30. The molecule has 90 valence electrons. The van der Waals surface area contributed by atoms with E-state index < -0.39 is 0 Å². The van der Waals surface area contributed by atoms with Crippen molar-refractivity contribution in [2.75, 3.05) is 6.54 Å². The molecule has 0 spiro atoms. The third kappa shape index (κ3) is 3.05. The van der Waals surface area contributed by atoms with E-state index in [9.17, 15) is 0 Å². The molecule has 2 rings (SSSR count). The highest BCUT2D eigenvalue weighted by molar-refractivity contribution is 7.09. The van der Waals surface area contributed by atoms with Crippen LogP contribution in [0.2, 0.25) is 0 Å². The number of hydrogen-bond acceptors (Lipinski definition) is 3. The van der Waals surface area contributed by atoms with Crippen LogP contribution in [0.3, 0.4) is 0 Å². The number of aryl methyl sites for hydroxylation is 1. The van der Waals surface area contributed by atoms with Crippen LogP contribution in [0.15, 0.2) is 5.51 Å². The molecule has 1 unspecified atom stereocenters. The van der Waals surface area contributed by atoms with Crippen LogP contribution in [0.25, 0.3) is 0 Å². The molecule has 3 heteroatoms. The molecule has 1 fully saturated rings. The number of hydrogen-bond donors (Lipinski definition) is 1. The standard InChI is InChI=1S/C13H22N2S/c1-10-12(16-9-15-10)5-7-14-11-4-6-13(2,3)8-11/h9,11,14H,4-8H2,1-3H3. The maximum atomic E-state index is 4.28. The minimum absolute atomic E-state index is 0.554. The zero-order valence-electron chi connectivity index (χ0n) is 10.5. The van der Waals surface area contributed by atoms with Gasteiger partial charge in [-0.3, -0.25) is 0 Å². The van der Waals surface area contributed by atoms with Crippen LogP contribution in [-0.2, 0) is 6.42 Å². The normalized spacial score (nSPS) is 23.8. The van der Waals surface area contributed by atoms with Gasteiger partial charge in [0.25, 0.3) is 0 Å². The summed E-state index contributed by atoms with van der Waals surface area (Å²) in [4.78, 5) is 5.72. The Morgan fingerprint density at radius 2 is 2.38 bits per heavy atom. The van der Waals surface area contributed by atoms with Crippen LogP contribution >= 0.6 is 11.3 Å². The summed E-state index contributed by atoms with van der Waals surface area (Å²) in [6, 6.07) is 0.739. The number of thiazole rings is 1. The lowest BCUT2D eigenvalue weighted by atomic mass is 9.92. The third-order valence-electron chi connectivity index (χ3n) is 3.60. The first-order valence-corrected chi connectivity index (χ1v) is 7.07. The molecule has 1 saturated carbocycles. The summed E-state index contributed by atoms with van der Waals surface area (Å²) in [6.45, 7) is 7.96. The summed E-state index contributed by atoms with van der Waals surface area (Å²) in [5.74, 6) is 0. The molecule has 16 heavy (non-hydrogen) atoms. The van der Waals surface area contributed by atoms with E-state index in [-0.39, 0.29) is 0 Å².